The average Bonchev–Trinajstić information content (AvgIpc) is 2.94. The monoisotopic (exact) mass is 329 g/mol. The van der Waals surface area contributed by atoms with Gasteiger partial charge in [-0.3, -0.25) is 10.1 Å². The lowest BCUT2D eigenvalue weighted by Crippen LogP contribution is -2.30. The Balaban J connectivity index is 1.90. The fourth-order valence-corrected chi connectivity index (χ4v) is 2.74. The van der Waals surface area contributed by atoms with Crippen LogP contribution in [0.25, 0.3) is 0 Å². The predicted octanol–water partition coefficient (Wildman–Crippen LogP) is 3.74. The Bertz CT molecular complexity index is 569. The second-order valence-electron chi connectivity index (χ2n) is 4.12. The number of nitrogens with zero attached hydrogens (tertiary/aromatic N) is 1. The SMILES string of the molecule is CC(NCC(=O)Nc1c(Cl)cccc1Cl)c1nccs1. The maximum absolute atomic E-state index is 11.9. The van der Waals surface area contributed by atoms with E-state index in [9.17, 15) is 4.79 Å². The fourth-order valence-electron chi connectivity index (χ4n) is 1.58. The topological polar surface area (TPSA) is 54.0 Å². The zero-order valence-electron chi connectivity index (χ0n) is 10.7. The standard InChI is InChI=1S/C13H13Cl2N3OS/c1-8(13-16-5-6-20-13)17-7-11(19)18-12-9(14)3-2-4-10(12)15/h2-6,8,17H,7H2,1H3,(H,18,19). The first-order valence-electron chi connectivity index (χ1n) is 5.94. The van der Waals surface area contributed by atoms with E-state index in [0.717, 1.165) is 5.01 Å². The van der Waals surface area contributed by atoms with Crippen molar-refractivity contribution in [2.24, 2.45) is 0 Å². The number of hydrogen-bond donors (Lipinski definition) is 2. The number of aromatic nitrogens is 1. The Morgan fingerprint density at radius 2 is 2.10 bits per heavy atom. The Labute approximate surface area is 131 Å². The van der Waals surface area contributed by atoms with Crippen molar-refractivity contribution in [1.29, 1.82) is 0 Å². The van der Waals surface area contributed by atoms with Crippen molar-refractivity contribution >= 4 is 46.1 Å². The molecule has 2 N–H and O–H groups in total. The van der Waals surface area contributed by atoms with Gasteiger partial charge in [-0.25, -0.2) is 4.98 Å². The third-order valence-electron chi connectivity index (χ3n) is 2.62. The van der Waals surface area contributed by atoms with Crippen molar-refractivity contribution in [3.63, 3.8) is 0 Å². The molecule has 0 aliphatic heterocycles. The van der Waals surface area contributed by atoms with Crippen molar-refractivity contribution in [1.82, 2.24) is 10.3 Å². The van der Waals surface area contributed by atoms with Gasteiger partial charge in [0, 0.05) is 11.6 Å². The highest BCUT2D eigenvalue weighted by Gasteiger charge is 2.12. The molecule has 1 unspecified atom stereocenters. The van der Waals surface area contributed by atoms with Crippen LogP contribution in [0, 0.1) is 0 Å². The summed E-state index contributed by atoms with van der Waals surface area (Å²) in [6, 6.07) is 5.09. The summed E-state index contributed by atoms with van der Waals surface area (Å²) >= 11 is 13.5. The van der Waals surface area contributed by atoms with Gasteiger partial charge in [0.05, 0.1) is 28.3 Å². The summed E-state index contributed by atoms with van der Waals surface area (Å²) < 4.78 is 0. The summed E-state index contributed by atoms with van der Waals surface area (Å²) in [7, 11) is 0. The van der Waals surface area contributed by atoms with E-state index in [2.05, 4.69) is 15.6 Å². The number of hydrogen-bond acceptors (Lipinski definition) is 4. The Kier molecular flexibility index (Phi) is 5.37. The van der Waals surface area contributed by atoms with Crippen LogP contribution in [0.15, 0.2) is 29.8 Å². The molecule has 2 aromatic rings. The molecule has 0 saturated carbocycles. The highest BCUT2D eigenvalue weighted by atomic mass is 35.5. The van der Waals surface area contributed by atoms with Crippen LogP contribution >= 0.6 is 34.5 Å². The molecule has 1 aromatic carbocycles. The number of carbonyl (C=O) groups is 1. The number of amides is 1. The molecule has 1 aromatic heterocycles. The van der Waals surface area contributed by atoms with Gasteiger partial charge in [0.25, 0.3) is 0 Å². The van der Waals surface area contributed by atoms with E-state index in [1.165, 1.54) is 0 Å². The Morgan fingerprint density at radius 1 is 1.40 bits per heavy atom. The first-order chi connectivity index (χ1) is 9.58. The third-order valence-corrected chi connectivity index (χ3v) is 4.21. The average molecular weight is 330 g/mol. The number of thiazole rings is 1. The summed E-state index contributed by atoms with van der Waals surface area (Å²) in [4.78, 5) is 16.1. The van der Waals surface area contributed by atoms with Crippen LogP contribution in [-0.4, -0.2) is 17.4 Å². The quantitative estimate of drug-likeness (QED) is 0.878. The summed E-state index contributed by atoms with van der Waals surface area (Å²) in [5.74, 6) is -0.205. The van der Waals surface area contributed by atoms with Gasteiger partial charge in [-0.2, -0.15) is 0 Å². The minimum atomic E-state index is -0.205. The molecule has 0 aliphatic rings. The molecule has 7 heteroatoms. The number of carbonyl (C=O) groups excluding carboxylic acids is 1. The van der Waals surface area contributed by atoms with E-state index in [1.54, 1.807) is 35.7 Å². The fraction of sp³-hybridized carbons (Fsp3) is 0.231. The second kappa shape index (κ2) is 7.04. The molecular formula is C13H13Cl2N3OS. The van der Waals surface area contributed by atoms with E-state index >= 15 is 0 Å². The van der Waals surface area contributed by atoms with Crippen molar-refractivity contribution in [3.05, 3.63) is 44.8 Å². The van der Waals surface area contributed by atoms with Crippen molar-refractivity contribution in [2.75, 3.05) is 11.9 Å². The summed E-state index contributed by atoms with van der Waals surface area (Å²) in [6.45, 7) is 2.11. The van der Waals surface area contributed by atoms with E-state index in [1.807, 2.05) is 12.3 Å². The molecule has 2 rings (SSSR count). The molecule has 0 bridgehead atoms. The molecule has 4 nitrogen and oxygen atoms in total. The molecule has 1 atom stereocenters. The number of benzene rings is 1. The van der Waals surface area contributed by atoms with E-state index in [-0.39, 0.29) is 18.5 Å². The highest BCUT2D eigenvalue weighted by molar-refractivity contribution is 7.09. The lowest BCUT2D eigenvalue weighted by Gasteiger charge is -2.12. The zero-order chi connectivity index (χ0) is 14.5. The number of rotatable bonds is 5. The lowest BCUT2D eigenvalue weighted by molar-refractivity contribution is -0.115. The first-order valence-corrected chi connectivity index (χ1v) is 7.58. The van der Waals surface area contributed by atoms with Crippen LogP contribution < -0.4 is 10.6 Å². The van der Waals surface area contributed by atoms with Crippen LogP contribution in [-0.2, 0) is 4.79 Å². The van der Waals surface area contributed by atoms with Crippen LogP contribution in [0.5, 0.6) is 0 Å². The molecule has 1 amide bonds. The van der Waals surface area contributed by atoms with Crippen molar-refractivity contribution in [3.8, 4) is 0 Å². The normalized spacial score (nSPS) is 12.2. The molecule has 0 aliphatic carbocycles. The van der Waals surface area contributed by atoms with Gasteiger partial charge in [-0.15, -0.1) is 11.3 Å². The van der Waals surface area contributed by atoms with E-state index in [4.69, 9.17) is 23.2 Å². The maximum Gasteiger partial charge on any atom is 0.238 e. The largest absolute Gasteiger partial charge is 0.322 e. The van der Waals surface area contributed by atoms with Crippen LogP contribution in [0.2, 0.25) is 10.0 Å². The molecular weight excluding hydrogens is 317 g/mol. The van der Waals surface area contributed by atoms with Gasteiger partial charge in [-0.1, -0.05) is 29.3 Å². The number of halogens is 2. The minimum Gasteiger partial charge on any atom is -0.322 e. The zero-order valence-corrected chi connectivity index (χ0v) is 13.0. The number of para-hydroxylation sites is 1. The van der Waals surface area contributed by atoms with Gasteiger partial charge in [0.2, 0.25) is 5.91 Å². The van der Waals surface area contributed by atoms with Crippen LogP contribution in [0.3, 0.4) is 0 Å². The van der Waals surface area contributed by atoms with Gasteiger partial charge < -0.3 is 5.32 Å². The van der Waals surface area contributed by atoms with Crippen LogP contribution in [0.4, 0.5) is 5.69 Å². The van der Waals surface area contributed by atoms with Gasteiger partial charge in [0.1, 0.15) is 5.01 Å². The van der Waals surface area contributed by atoms with Crippen molar-refractivity contribution in [2.45, 2.75) is 13.0 Å². The second-order valence-corrected chi connectivity index (χ2v) is 5.86. The molecule has 20 heavy (non-hydrogen) atoms. The highest BCUT2D eigenvalue weighted by Crippen LogP contribution is 2.29. The van der Waals surface area contributed by atoms with Gasteiger partial charge >= 0.3 is 0 Å². The van der Waals surface area contributed by atoms with Crippen molar-refractivity contribution < 1.29 is 4.79 Å². The van der Waals surface area contributed by atoms with E-state index in [0.29, 0.717) is 15.7 Å². The number of anilines is 1. The molecule has 1 heterocycles. The Morgan fingerprint density at radius 3 is 2.70 bits per heavy atom. The van der Waals surface area contributed by atoms with Crippen LogP contribution in [0.1, 0.15) is 18.0 Å². The molecule has 0 saturated heterocycles. The molecule has 0 spiro atoms. The summed E-state index contributed by atoms with van der Waals surface area (Å²) in [6.07, 6.45) is 1.74. The van der Waals surface area contributed by atoms with Gasteiger partial charge in [-0.05, 0) is 19.1 Å². The lowest BCUT2D eigenvalue weighted by atomic mass is 10.3. The van der Waals surface area contributed by atoms with E-state index < -0.39 is 0 Å². The van der Waals surface area contributed by atoms with Gasteiger partial charge in [0.15, 0.2) is 0 Å². The number of nitrogens with one attached hydrogen (secondary N) is 2. The predicted molar refractivity (Wildman–Crippen MR) is 83.6 cm³/mol. The summed E-state index contributed by atoms with van der Waals surface area (Å²) in [5.41, 5.74) is 0.435. The molecule has 106 valence electrons. The summed E-state index contributed by atoms with van der Waals surface area (Å²) in [5, 5.41) is 9.46. The Hall–Kier alpha value is -1.14. The third kappa shape index (κ3) is 3.93. The molecule has 0 fully saturated rings. The molecule has 0 radical (unpaired) electrons. The first kappa shape index (κ1) is 15.3. The minimum absolute atomic E-state index is 0.0162. The maximum atomic E-state index is 11.9. The smallest absolute Gasteiger partial charge is 0.238 e.